The van der Waals surface area contributed by atoms with Crippen LogP contribution < -0.4 is 0 Å². The number of likely N-dealkylation sites (tertiary alicyclic amines) is 1. The van der Waals surface area contributed by atoms with Crippen LogP contribution in [0.4, 0.5) is 0 Å². The minimum Gasteiger partial charge on any atom is -0.481 e. The summed E-state index contributed by atoms with van der Waals surface area (Å²) in [5.74, 6) is -0.774. The Morgan fingerprint density at radius 3 is 2.28 bits per heavy atom. The van der Waals surface area contributed by atoms with E-state index in [-0.39, 0.29) is 28.3 Å². The Morgan fingerprint density at radius 1 is 0.969 bits per heavy atom. The van der Waals surface area contributed by atoms with Crippen molar-refractivity contribution < 1.29 is 18.3 Å². The number of piperazine rings is 1. The summed E-state index contributed by atoms with van der Waals surface area (Å²) in [5.41, 5.74) is 1.21. The van der Waals surface area contributed by atoms with Crippen molar-refractivity contribution in [1.29, 1.82) is 0 Å². The van der Waals surface area contributed by atoms with Crippen molar-refractivity contribution in [3.05, 3.63) is 65.2 Å². The van der Waals surface area contributed by atoms with Gasteiger partial charge in [0.25, 0.3) is 0 Å². The molecule has 4 rings (SSSR count). The lowest BCUT2D eigenvalue weighted by Gasteiger charge is -2.39. The molecule has 2 aliphatic heterocycles. The van der Waals surface area contributed by atoms with Crippen molar-refractivity contribution in [2.75, 3.05) is 39.3 Å². The lowest BCUT2D eigenvalue weighted by Crippen LogP contribution is -2.54. The Bertz CT molecular complexity index is 1040. The van der Waals surface area contributed by atoms with Crippen LogP contribution in [0, 0.1) is 5.92 Å². The molecule has 2 fully saturated rings. The van der Waals surface area contributed by atoms with Gasteiger partial charge in [0.05, 0.1) is 11.4 Å². The average Bonchev–Trinajstić information content (AvgIpc) is 3.16. The number of halogens is 1. The molecule has 1 N–H and O–H groups in total. The quantitative estimate of drug-likeness (QED) is 0.660. The van der Waals surface area contributed by atoms with Gasteiger partial charge in [-0.1, -0.05) is 54.1 Å². The molecule has 2 unspecified atom stereocenters. The van der Waals surface area contributed by atoms with Gasteiger partial charge in [0.2, 0.25) is 10.0 Å². The van der Waals surface area contributed by atoms with Crippen molar-refractivity contribution >= 4 is 27.6 Å². The highest BCUT2D eigenvalue weighted by molar-refractivity contribution is 7.89. The zero-order valence-corrected chi connectivity index (χ0v) is 19.4. The molecule has 0 aliphatic carbocycles. The third kappa shape index (κ3) is 5.15. The summed E-state index contributed by atoms with van der Waals surface area (Å²) in [6, 6.07) is 16.8. The molecule has 32 heavy (non-hydrogen) atoms. The maximum atomic E-state index is 13.0. The van der Waals surface area contributed by atoms with Crippen LogP contribution in [0.15, 0.2) is 59.5 Å². The summed E-state index contributed by atoms with van der Waals surface area (Å²) < 4.78 is 27.6. The Kier molecular flexibility index (Phi) is 7.17. The Labute approximate surface area is 194 Å². The summed E-state index contributed by atoms with van der Waals surface area (Å²) >= 11 is 6.13. The minimum atomic E-state index is -3.65. The van der Waals surface area contributed by atoms with E-state index in [1.165, 1.54) is 15.9 Å². The molecule has 172 valence electrons. The molecule has 2 aromatic rings. The summed E-state index contributed by atoms with van der Waals surface area (Å²) in [6.07, 6.45) is 0.119. The molecule has 2 saturated heterocycles. The smallest absolute Gasteiger partial charge is 0.303 e. The van der Waals surface area contributed by atoms with Crippen molar-refractivity contribution in [3.63, 3.8) is 0 Å². The van der Waals surface area contributed by atoms with Crippen molar-refractivity contribution in [1.82, 2.24) is 14.1 Å². The maximum Gasteiger partial charge on any atom is 0.303 e. The Hall–Kier alpha value is -1.97. The Morgan fingerprint density at radius 2 is 1.62 bits per heavy atom. The summed E-state index contributed by atoms with van der Waals surface area (Å²) in [6.45, 7) is 4.17. The van der Waals surface area contributed by atoms with Gasteiger partial charge < -0.3 is 5.11 Å². The van der Waals surface area contributed by atoms with Gasteiger partial charge in [-0.15, -0.1) is 0 Å². The van der Waals surface area contributed by atoms with Crippen molar-refractivity contribution in [2.24, 2.45) is 5.92 Å². The number of carbonyl (C=O) groups is 1. The second-order valence-corrected chi connectivity index (χ2v) is 10.8. The van der Waals surface area contributed by atoms with E-state index in [1.54, 1.807) is 18.2 Å². The fraction of sp³-hybridized carbons (Fsp3) is 0.435. The molecular formula is C23H28ClN3O4S. The van der Waals surface area contributed by atoms with E-state index in [4.69, 9.17) is 11.6 Å². The van der Waals surface area contributed by atoms with Gasteiger partial charge in [-0.2, -0.15) is 4.31 Å². The molecular weight excluding hydrogens is 450 g/mol. The van der Waals surface area contributed by atoms with E-state index >= 15 is 0 Å². The number of nitrogens with zero attached hydrogens (tertiary/aromatic N) is 3. The highest BCUT2D eigenvalue weighted by Crippen LogP contribution is 2.29. The van der Waals surface area contributed by atoms with E-state index in [2.05, 4.69) is 21.9 Å². The first-order chi connectivity index (χ1) is 15.3. The monoisotopic (exact) mass is 477 g/mol. The van der Waals surface area contributed by atoms with Crippen LogP contribution in [0.1, 0.15) is 12.0 Å². The SMILES string of the molecule is O=C(O)CC1CN(Cc2ccccc2)CC1N1CCN(S(=O)(=O)c2ccccc2Cl)CC1. The predicted molar refractivity (Wildman–Crippen MR) is 123 cm³/mol. The van der Waals surface area contributed by atoms with Gasteiger partial charge in [0.15, 0.2) is 0 Å². The fourth-order valence-corrected chi connectivity index (χ4v) is 6.73. The van der Waals surface area contributed by atoms with E-state index in [0.717, 1.165) is 19.6 Å². The third-order valence-electron chi connectivity index (χ3n) is 6.36. The van der Waals surface area contributed by atoms with Gasteiger partial charge in [-0.3, -0.25) is 14.6 Å². The number of sulfonamides is 1. The molecule has 0 amide bonds. The van der Waals surface area contributed by atoms with Crippen LogP contribution in [-0.2, 0) is 21.4 Å². The number of hydrogen-bond donors (Lipinski definition) is 1. The number of aliphatic carboxylic acids is 1. The minimum absolute atomic E-state index is 0.0166. The topological polar surface area (TPSA) is 81.2 Å². The third-order valence-corrected chi connectivity index (χ3v) is 8.76. The maximum absolute atomic E-state index is 13.0. The van der Waals surface area contributed by atoms with Crippen LogP contribution in [0.25, 0.3) is 0 Å². The van der Waals surface area contributed by atoms with Crippen molar-refractivity contribution in [2.45, 2.75) is 23.9 Å². The molecule has 0 aromatic heterocycles. The standard InChI is InChI=1S/C23H28ClN3O4S/c24-20-8-4-5-9-22(20)32(30,31)27-12-10-26(11-13-27)21-17-25(16-19(21)14-23(28)29)15-18-6-2-1-3-7-18/h1-9,19,21H,10-17H2,(H,28,29). The molecule has 0 saturated carbocycles. The number of carboxylic acid groups (broad SMARTS) is 1. The second-order valence-electron chi connectivity index (χ2n) is 8.48. The van der Waals surface area contributed by atoms with Gasteiger partial charge in [-0.05, 0) is 23.6 Å². The van der Waals surface area contributed by atoms with Crippen LogP contribution in [0.2, 0.25) is 5.02 Å². The van der Waals surface area contributed by atoms with Crippen LogP contribution in [-0.4, -0.2) is 78.9 Å². The predicted octanol–water partition coefficient (Wildman–Crippen LogP) is 2.62. The number of rotatable bonds is 7. The number of carboxylic acids is 1. The first-order valence-corrected chi connectivity index (χ1v) is 12.6. The molecule has 0 radical (unpaired) electrons. The first-order valence-electron chi connectivity index (χ1n) is 10.8. The zero-order chi connectivity index (χ0) is 22.7. The summed E-state index contributed by atoms with van der Waals surface area (Å²) in [7, 11) is -3.65. The van der Waals surface area contributed by atoms with Crippen molar-refractivity contribution in [3.8, 4) is 0 Å². The van der Waals surface area contributed by atoms with Gasteiger partial charge >= 0.3 is 5.97 Å². The first kappa shape index (κ1) is 23.2. The molecule has 0 spiro atoms. The normalized spacial score (nSPS) is 23.4. The summed E-state index contributed by atoms with van der Waals surface area (Å²) in [4.78, 5) is 16.2. The van der Waals surface area contributed by atoms with E-state index < -0.39 is 16.0 Å². The van der Waals surface area contributed by atoms with Crippen LogP contribution in [0.3, 0.4) is 0 Å². The van der Waals surface area contributed by atoms with Gasteiger partial charge in [0.1, 0.15) is 4.90 Å². The largest absolute Gasteiger partial charge is 0.481 e. The fourth-order valence-electron chi connectivity index (χ4n) is 4.82. The lowest BCUT2D eigenvalue weighted by atomic mass is 9.98. The molecule has 7 nitrogen and oxygen atoms in total. The molecule has 2 aromatic carbocycles. The highest BCUT2D eigenvalue weighted by atomic mass is 35.5. The van der Waals surface area contributed by atoms with Crippen LogP contribution >= 0.6 is 11.6 Å². The van der Waals surface area contributed by atoms with Gasteiger partial charge in [-0.25, -0.2) is 8.42 Å². The molecule has 2 heterocycles. The summed E-state index contributed by atoms with van der Waals surface area (Å²) in [5, 5.41) is 9.66. The van der Waals surface area contributed by atoms with Crippen LogP contribution in [0.5, 0.6) is 0 Å². The Balaban J connectivity index is 1.42. The van der Waals surface area contributed by atoms with E-state index in [0.29, 0.717) is 26.2 Å². The van der Waals surface area contributed by atoms with E-state index in [1.807, 2.05) is 18.2 Å². The second kappa shape index (κ2) is 9.89. The average molecular weight is 478 g/mol. The number of benzene rings is 2. The zero-order valence-electron chi connectivity index (χ0n) is 17.8. The molecule has 2 aliphatic rings. The molecule has 9 heteroatoms. The van der Waals surface area contributed by atoms with E-state index in [9.17, 15) is 18.3 Å². The molecule has 2 atom stereocenters. The lowest BCUT2D eigenvalue weighted by molar-refractivity contribution is -0.138. The highest BCUT2D eigenvalue weighted by Gasteiger charge is 2.40. The number of hydrogen-bond acceptors (Lipinski definition) is 5. The van der Waals surface area contributed by atoms with Gasteiger partial charge in [0, 0.05) is 51.9 Å². The molecule has 0 bridgehead atoms.